The van der Waals surface area contributed by atoms with Gasteiger partial charge in [0.15, 0.2) is 0 Å². The molecule has 1 rings (SSSR count). The first-order valence-electron chi connectivity index (χ1n) is 8.35. The molecule has 0 heterocycles. The van der Waals surface area contributed by atoms with Crippen molar-refractivity contribution < 1.29 is 14.3 Å². The number of esters is 1. The van der Waals surface area contributed by atoms with Crippen molar-refractivity contribution in [3.05, 3.63) is 11.6 Å². The van der Waals surface area contributed by atoms with Gasteiger partial charge in [0.1, 0.15) is 0 Å². The number of rotatable bonds is 8. The first-order valence-corrected chi connectivity index (χ1v) is 8.35. The van der Waals surface area contributed by atoms with E-state index in [1.54, 1.807) is 0 Å². The molecular weight excluding hydrogens is 264 g/mol. The average Bonchev–Trinajstić information content (AvgIpc) is 2.46. The number of carbonyl (C=O) groups excluding carboxylic acids is 2. The van der Waals surface area contributed by atoms with E-state index >= 15 is 0 Å². The maximum absolute atomic E-state index is 11.9. The molecule has 0 saturated heterocycles. The molecule has 21 heavy (non-hydrogen) atoms. The van der Waals surface area contributed by atoms with Crippen molar-refractivity contribution in [3.63, 3.8) is 0 Å². The molecule has 0 bridgehead atoms. The standard InChI is InChI=1S/C18H30O3/c1-14(2)8-7-9-15(3)12-13-21-18(20)17(19)16-10-5-4-6-11-16/h8,15-16H,4-7,9-13H2,1-3H3/t15-/m0/s1. The smallest absolute Gasteiger partial charge is 0.374 e. The highest BCUT2D eigenvalue weighted by Gasteiger charge is 2.27. The molecule has 0 N–H and O–H groups in total. The Morgan fingerprint density at radius 2 is 1.81 bits per heavy atom. The zero-order valence-electron chi connectivity index (χ0n) is 13.8. The second-order valence-corrected chi connectivity index (χ2v) is 6.59. The molecule has 0 aromatic heterocycles. The van der Waals surface area contributed by atoms with Crippen LogP contribution in [0.5, 0.6) is 0 Å². The molecule has 1 saturated carbocycles. The van der Waals surface area contributed by atoms with Crippen molar-refractivity contribution in [2.24, 2.45) is 11.8 Å². The van der Waals surface area contributed by atoms with Crippen LogP contribution in [-0.4, -0.2) is 18.4 Å². The molecule has 0 unspecified atom stereocenters. The van der Waals surface area contributed by atoms with Gasteiger partial charge in [0.2, 0.25) is 5.78 Å². The highest BCUT2D eigenvalue weighted by atomic mass is 16.5. The van der Waals surface area contributed by atoms with Crippen molar-refractivity contribution >= 4 is 11.8 Å². The Hall–Kier alpha value is -1.12. The van der Waals surface area contributed by atoms with Gasteiger partial charge in [-0.3, -0.25) is 4.79 Å². The summed E-state index contributed by atoms with van der Waals surface area (Å²) in [4.78, 5) is 23.7. The van der Waals surface area contributed by atoms with Gasteiger partial charge in [0.05, 0.1) is 6.61 Å². The molecule has 0 radical (unpaired) electrons. The molecule has 1 atom stereocenters. The van der Waals surface area contributed by atoms with Crippen LogP contribution >= 0.6 is 0 Å². The van der Waals surface area contributed by atoms with E-state index in [9.17, 15) is 9.59 Å². The molecule has 1 fully saturated rings. The van der Waals surface area contributed by atoms with Crippen molar-refractivity contribution in [1.82, 2.24) is 0 Å². The number of allylic oxidation sites excluding steroid dienone is 2. The van der Waals surface area contributed by atoms with Crippen LogP contribution in [-0.2, 0) is 14.3 Å². The molecule has 0 aliphatic heterocycles. The van der Waals surface area contributed by atoms with Gasteiger partial charge in [0.25, 0.3) is 0 Å². The number of ether oxygens (including phenoxy) is 1. The van der Waals surface area contributed by atoms with E-state index in [1.165, 1.54) is 12.0 Å². The Morgan fingerprint density at radius 3 is 2.43 bits per heavy atom. The fraction of sp³-hybridized carbons (Fsp3) is 0.778. The Morgan fingerprint density at radius 1 is 1.14 bits per heavy atom. The molecule has 3 nitrogen and oxygen atoms in total. The largest absolute Gasteiger partial charge is 0.460 e. The summed E-state index contributed by atoms with van der Waals surface area (Å²) in [7, 11) is 0. The van der Waals surface area contributed by atoms with Crippen molar-refractivity contribution in [3.8, 4) is 0 Å². The quantitative estimate of drug-likeness (QED) is 0.377. The molecule has 0 aromatic carbocycles. The summed E-state index contributed by atoms with van der Waals surface area (Å²) in [6.45, 7) is 6.73. The Labute approximate surface area is 129 Å². The van der Waals surface area contributed by atoms with Crippen molar-refractivity contribution in [2.45, 2.75) is 72.1 Å². The summed E-state index contributed by atoms with van der Waals surface area (Å²) < 4.78 is 5.15. The van der Waals surface area contributed by atoms with E-state index < -0.39 is 5.97 Å². The van der Waals surface area contributed by atoms with E-state index in [4.69, 9.17) is 4.74 Å². The first-order chi connectivity index (χ1) is 10.0. The van der Waals surface area contributed by atoms with Crippen LogP contribution in [0, 0.1) is 11.8 Å². The monoisotopic (exact) mass is 294 g/mol. The van der Waals surface area contributed by atoms with E-state index in [-0.39, 0.29) is 11.7 Å². The van der Waals surface area contributed by atoms with Gasteiger partial charge >= 0.3 is 5.97 Å². The highest BCUT2D eigenvalue weighted by Crippen LogP contribution is 2.24. The molecule has 1 aliphatic rings. The lowest BCUT2D eigenvalue weighted by Gasteiger charge is -2.19. The van der Waals surface area contributed by atoms with E-state index in [0.717, 1.165) is 44.9 Å². The normalized spacial score (nSPS) is 17.1. The van der Waals surface area contributed by atoms with Gasteiger partial charge in [-0.2, -0.15) is 0 Å². The van der Waals surface area contributed by atoms with Crippen LogP contribution in [0.15, 0.2) is 11.6 Å². The maximum Gasteiger partial charge on any atom is 0.374 e. The molecule has 0 spiro atoms. The van der Waals surface area contributed by atoms with Crippen molar-refractivity contribution in [2.75, 3.05) is 6.61 Å². The number of hydrogen-bond acceptors (Lipinski definition) is 3. The van der Waals surface area contributed by atoms with Crippen LogP contribution in [0.4, 0.5) is 0 Å². The number of carbonyl (C=O) groups is 2. The van der Waals surface area contributed by atoms with Crippen LogP contribution in [0.1, 0.15) is 72.1 Å². The lowest BCUT2D eigenvalue weighted by molar-refractivity contribution is -0.156. The third-order valence-electron chi connectivity index (χ3n) is 4.23. The highest BCUT2D eigenvalue weighted by molar-refractivity contribution is 6.34. The van der Waals surface area contributed by atoms with E-state index in [0.29, 0.717) is 12.5 Å². The Kier molecular flexibility index (Phi) is 8.33. The van der Waals surface area contributed by atoms with E-state index in [2.05, 4.69) is 26.8 Å². The first kappa shape index (κ1) is 17.9. The van der Waals surface area contributed by atoms with Gasteiger partial charge in [0, 0.05) is 5.92 Å². The summed E-state index contributed by atoms with van der Waals surface area (Å²) in [5, 5.41) is 0. The maximum atomic E-state index is 11.9. The summed E-state index contributed by atoms with van der Waals surface area (Å²) in [5.41, 5.74) is 1.34. The lowest BCUT2D eigenvalue weighted by Crippen LogP contribution is -2.28. The number of hydrogen-bond donors (Lipinski definition) is 0. The molecule has 3 heteroatoms. The second-order valence-electron chi connectivity index (χ2n) is 6.59. The third-order valence-corrected chi connectivity index (χ3v) is 4.23. The van der Waals surface area contributed by atoms with Gasteiger partial charge in [-0.25, -0.2) is 4.79 Å². The Bertz CT molecular complexity index is 361. The fourth-order valence-electron chi connectivity index (χ4n) is 2.76. The molecule has 0 aromatic rings. The van der Waals surface area contributed by atoms with Gasteiger partial charge in [-0.1, -0.05) is 37.8 Å². The molecule has 120 valence electrons. The molecule has 1 aliphatic carbocycles. The predicted octanol–water partition coefficient (Wildman–Crippen LogP) is 4.45. The minimum atomic E-state index is -0.613. The van der Waals surface area contributed by atoms with Crippen LogP contribution in [0.25, 0.3) is 0 Å². The predicted molar refractivity (Wildman–Crippen MR) is 85.0 cm³/mol. The zero-order valence-corrected chi connectivity index (χ0v) is 13.8. The SMILES string of the molecule is CC(C)=CCC[C@H](C)CCOC(=O)C(=O)C1CCCCC1. The topological polar surface area (TPSA) is 43.4 Å². The zero-order chi connectivity index (χ0) is 15.7. The minimum absolute atomic E-state index is 0.0821. The van der Waals surface area contributed by atoms with Crippen LogP contribution < -0.4 is 0 Å². The van der Waals surface area contributed by atoms with Crippen LogP contribution in [0.2, 0.25) is 0 Å². The van der Waals surface area contributed by atoms with Gasteiger partial charge in [-0.15, -0.1) is 0 Å². The van der Waals surface area contributed by atoms with Gasteiger partial charge in [-0.05, 0) is 51.9 Å². The lowest BCUT2D eigenvalue weighted by atomic mass is 9.86. The minimum Gasteiger partial charge on any atom is -0.460 e. The number of Topliss-reactive ketones (excluding diaryl/α,β-unsaturated/α-hetero) is 1. The third kappa shape index (κ3) is 7.45. The molecular formula is C18H30O3. The van der Waals surface area contributed by atoms with Gasteiger partial charge < -0.3 is 4.74 Å². The summed E-state index contributed by atoms with van der Waals surface area (Å²) in [5.74, 6) is -0.482. The average molecular weight is 294 g/mol. The van der Waals surface area contributed by atoms with E-state index in [1.807, 2.05) is 0 Å². The summed E-state index contributed by atoms with van der Waals surface area (Å²) in [6.07, 6.45) is 10.2. The second kappa shape index (κ2) is 9.75. The van der Waals surface area contributed by atoms with Crippen LogP contribution in [0.3, 0.4) is 0 Å². The summed E-state index contributed by atoms with van der Waals surface area (Å²) >= 11 is 0. The summed E-state index contributed by atoms with van der Waals surface area (Å²) in [6, 6.07) is 0. The molecule has 0 amide bonds. The van der Waals surface area contributed by atoms with Crippen molar-refractivity contribution in [1.29, 1.82) is 0 Å². The number of ketones is 1. The fourth-order valence-corrected chi connectivity index (χ4v) is 2.76. The Balaban J connectivity index is 2.17.